The minimum atomic E-state index is -0.811. The Kier molecular flexibility index (Phi) is 9.15. The van der Waals surface area contributed by atoms with Crippen molar-refractivity contribution in [3.63, 3.8) is 0 Å². The van der Waals surface area contributed by atoms with Gasteiger partial charge in [-0.15, -0.1) is 0 Å². The van der Waals surface area contributed by atoms with Crippen LogP contribution in [0.4, 0.5) is 0 Å². The molecule has 0 heterocycles. The second-order valence-corrected chi connectivity index (χ2v) is 6.91. The monoisotopic (exact) mass is 458 g/mol. The van der Waals surface area contributed by atoms with Crippen molar-refractivity contribution >= 4 is 18.0 Å². The SMILES string of the molecule is CCOC(=O)C=Cc1ccc(C(OC(C)=O)c2c(C)c(OC)c(OC)c(OC)c2OC)cc1. The van der Waals surface area contributed by atoms with Crippen molar-refractivity contribution in [3.8, 4) is 23.0 Å². The number of hydrogen-bond acceptors (Lipinski definition) is 8. The third-order valence-corrected chi connectivity index (χ3v) is 4.91. The highest BCUT2D eigenvalue weighted by Gasteiger charge is 2.32. The summed E-state index contributed by atoms with van der Waals surface area (Å²) in [6, 6.07) is 7.23. The zero-order valence-electron chi connectivity index (χ0n) is 20.0. The van der Waals surface area contributed by atoms with Crippen LogP contribution in [0.3, 0.4) is 0 Å². The van der Waals surface area contributed by atoms with E-state index in [1.54, 1.807) is 37.3 Å². The molecule has 0 aliphatic heterocycles. The van der Waals surface area contributed by atoms with Crippen LogP contribution in [0.5, 0.6) is 23.0 Å². The van der Waals surface area contributed by atoms with E-state index in [0.717, 1.165) is 5.56 Å². The standard InChI is InChI=1S/C25H30O8/c1-8-32-19(27)14-11-17-9-12-18(13-10-17)22(33-16(3)26)20-15(2)21(28-4)24(30-6)25(31-7)23(20)29-5/h9-14,22H,8H2,1-7H3. The van der Waals surface area contributed by atoms with Crippen molar-refractivity contribution in [1.82, 2.24) is 0 Å². The molecule has 2 rings (SSSR count). The molecule has 2 aromatic rings. The Balaban J connectivity index is 2.64. The van der Waals surface area contributed by atoms with Gasteiger partial charge in [-0.1, -0.05) is 24.3 Å². The van der Waals surface area contributed by atoms with Crippen LogP contribution >= 0.6 is 0 Å². The molecule has 0 saturated carbocycles. The molecular weight excluding hydrogens is 428 g/mol. The van der Waals surface area contributed by atoms with Gasteiger partial charge in [0.2, 0.25) is 11.5 Å². The molecule has 33 heavy (non-hydrogen) atoms. The largest absolute Gasteiger partial charge is 0.492 e. The molecule has 2 aromatic carbocycles. The Morgan fingerprint density at radius 2 is 1.42 bits per heavy atom. The molecule has 0 saturated heterocycles. The van der Waals surface area contributed by atoms with E-state index in [2.05, 4.69) is 0 Å². The molecule has 0 N–H and O–H groups in total. The molecule has 0 amide bonds. The second kappa shape index (κ2) is 11.8. The summed E-state index contributed by atoms with van der Waals surface area (Å²) < 4.78 is 32.9. The predicted molar refractivity (Wildman–Crippen MR) is 123 cm³/mol. The van der Waals surface area contributed by atoms with E-state index in [1.807, 2.05) is 6.92 Å². The molecule has 1 unspecified atom stereocenters. The summed E-state index contributed by atoms with van der Waals surface area (Å²) >= 11 is 0. The van der Waals surface area contributed by atoms with Crippen molar-refractivity contribution in [2.75, 3.05) is 35.0 Å². The third kappa shape index (κ3) is 5.77. The maximum Gasteiger partial charge on any atom is 0.330 e. The first-order valence-corrected chi connectivity index (χ1v) is 10.3. The van der Waals surface area contributed by atoms with Crippen LogP contribution in [-0.2, 0) is 19.1 Å². The van der Waals surface area contributed by atoms with Gasteiger partial charge in [-0.2, -0.15) is 0 Å². The van der Waals surface area contributed by atoms with Gasteiger partial charge in [0.15, 0.2) is 17.6 Å². The van der Waals surface area contributed by atoms with Gasteiger partial charge < -0.3 is 28.4 Å². The van der Waals surface area contributed by atoms with Gasteiger partial charge in [-0.05, 0) is 31.1 Å². The summed E-state index contributed by atoms with van der Waals surface area (Å²) in [6.07, 6.45) is 2.19. The Morgan fingerprint density at radius 1 is 0.879 bits per heavy atom. The van der Waals surface area contributed by atoms with E-state index in [-0.39, 0.29) is 0 Å². The molecule has 0 aliphatic rings. The number of methoxy groups -OCH3 is 4. The Labute approximate surface area is 194 Å². The van der Waals surface area contributed by atoms with Crippen molar-refractivity contribution in [1.29, 1.82) is 0 Å². The normalized spacial score (nSPS) is 11.6. The van der Waals surface area contributed by atoms with Crippen LogP contribution in [0, 0.1) is 6.92 Å². The number of carbonyl (C=O) groups excluding carboxylic acids is 2. The molecule has 0 bridgehead atoms. The minimum absolute atomic E-state index is 0.308. The molecule has 0 fully saturated rings. The number of ether oxygens (including phenoxy) is 6. The lowest BCUT2D eigenvalue weighted by atomic mass is 9.93. The minimum Gasteiger partial charge on any atom is -0.492 e. The van der Waals surface area contributed by atoms with Crippen LogP contribution in [0.25, 0.3) is 6.08 Å². The fraction of sp³-hybridized carbons (Fsp3) is 0.360. The van der Waals surface area contributed by atoms with Crippen LogP contribution in [0.1, 0.15) is 42.2 Å². The lowest BCUT2D eigenvalue weighted by Gasteiger charge is -2.26. The number of rotatable bonds is 10. The van der Waals surface area contributed by atoms with Crippen molar-refractivity contribution in [3.05, 3.63) is 52.6 Å². The number of benzene rings is 2. The van der Waals surface area contributed by atoms with Crippen LogP contribution in [0.15, 0.2) is 30.3 Å². The van der Waals surface area contributed by atoms with Gasteiger partial charge in [0, 0.05) is 24.1 Å². The van der Waals surface area contributed by atoms with E-state index in [4.69, 9.17) is 28.4 Å². The summed E-state index contributed by atoms with van der Waals surface area (Å²) in [5.41, 5.74) is 2.71. The van der Waals surface area contributed by atoms with E-state index in [9.17, 15) is 9.59 Å². The highest BCUT2D eigenvalue weighted by molar-refractivity contribution is 5.87. The Morgan fingerprint density at radius 3 is 1.91 bits per heavy atom. The van der Waals surface area contributed by atoms with Gasteiger partial charge in [0.1, 0.15) is 0 Å². The van der Waals surface area contributed by atoms with Gasteiger partial charge in [-0.3, -0.25) is 4.79 Å². The first-order valence-electron chi connectivity index (χ1n) is 10.3. The second-order valence-electron chi connectivity index (χ2n) is 6.91. The molecule has 0 aromatic heterocycles. The topological polar surface area (TPSA) is 89.5 Å². The Bertz CT molecular complexity index is 1010. The maximum atomic E-state index is 12.0. The zero-order valence-corrected chi connectivity index (χ0v) is 20.0. The molecule has 8 nitrogen and oxygen atoms in total. The smallest absolute Gasteiger partial charge is 0.330 e. The summed E-state index contributed by atoms with van der Waals surface area (Å²) in [4.78, 5) is 23.6. The van der Waals surface area contributed by atoms with Crippen LogP contribution < -0.4 is 18.9 Å². The average Bonchev–Trinajstić information content (AvgIpc) is 2.80. The predicted octanol–water partition coefficient (Wildman–Crippen LogP) is 4.26. The highest BCUT2D eigenvalue weighted by Crippen LogP contribution is 2.52. The highest BCUT2D eigenvalue weighted by atomic mass is 16.6. The van der Waals surface area contributed by atoms with Crippen molar-refractivity contribution < 1.29 is 38.0 Å². The van der Waals surface area contributed by atoms with E-state index < -0.39 is 18.0 Å². The summed E-state index contributed by atoms with van der Waals surface area (Å²) in [7, 11) is 6.02. The zero-order chi connectivity index (χ0) is 24.5. The summed E-state index contributed by atoms with van der Waals surface area (Å²) in [5, 5.41) is 0. The number of carbonyl (C=O) groups is 2. The summed E-state index contributed by atoms with van der Waals surface area (Å²) in [6.45, 7) is 5.21. The lowest BCUT2D eigenvalue weighted by Crippen LogP contribution is -2.14. The van der Waals surface area contributed by atoms with Crippen molar-refractivity contribution in [2.24, 2.45) is 0 Å². The number of esters is 2. The molecule has 8 heteroatoms. The fourth-order valence-electron chi connectivity index (χ4n) is 3.52. The number of hydrogen-bond donors (Lipinski definition) is 0. The quantitative estimate of drug-likeness (QED) is 0.385. The first-order chi connectivity index (χ1) is 15.8. The van der Waals surface area contributed by atoms with Crippen LogP contribution in [0.2, 0.25) is 0 Å². The summed E-state index contributed by atoms with van der Waals surface area (Å²) in [5.74, 6) is 0.614. The third-order valence-electron chi connectivity index (χ3n) is 4.91. The molecule has 0 spiro atoms. The van der Waals surface area contributed by atoms with Gasteiger partial charge in [-0.25, -0.2) is 4.79 Å². The molecule has 0 aliphatic carbocycles. The average molecular weight is 459 g/mol. The molecule has 0 radical (unpaired) electrons. The molecule has 1 atom stereocenters. The van der Waals surface area contributed by atoms with Gasteiger partial charge in [0.25, 0.3) is 0 Å². The van der Waals surface area contributed by atoms with E-state index in [1.165, 1.54) is 41.4 Å². The fourth-order valence-corrected chi connectivity index (χ4v) is 3.52. The van der Waals surface area contributed by atoms with Crippen molar-refractivity contribution in [2.45, 2.75) is 26.9 Å². The van der Waals surface area contributed by atoms with Gasteiger partial charge >= 0.3 is 11.9 Å². The maximum absolute atomic E-state index is 12.0. The van der Waals surface area contributed by atoms with E-state index in [0.29, 0.717) is 46.3 Å². The molecule has 178 valence electrons. The lowest BCUT2D eigenvalue weighted by molar-refractivity contribution is -0.145. The molecular formula is C25H30O8. The first kappa shape index (κ1) is 25.6. The Hall–Kier alpha value is -3.68. The van der Waals surface area contributed by atoms with E-state index >= 15 is 0 Å². The van der Waals surface area contributed by atoms with Gasteiger partial charge in [0.05, 0.1) is 35.0 Å². The van der Waals surface area contributed by atoms with Crippen LogP contribution in [-0.4, -0.2) is 47.0 Å².